The molecule has 19 heavy (non-hydrogen) atoms. The predicted octanol–water partition coefficient (Wildman–Crippen LogP) is 1.38. The number of hydrogen-bond acceptors (Lipinski definition) is 3. The van der Waals surface area contributed by atoms with E-state index in [1.165, 1.54) is 6.08 Å². The number of hydrogen-bond donors (Lipinski definition) is 1. The van der Waals surface area contributed by atoms with Gasteiger partial charge in [-0.1, -0.05) is 11.6 Å². The zero-order valence-corrected chi connectivity index (χ0v) is 11.9. The summed E-state index contributed by atoms with van der Waals surface area (Å²) in [6.45, 7) is 2.57. The van der Waals surface area contributed by atoms with Crippen LogP contribution in [0.3, 0.4) is 0 Å². The predicted molar refractivity (Wildman–Crippen MR) is 73.8 cm³/mol. The lowest BCUT2D eigenvalue weighted by Crippen LogP contribution is -2.36. The topological polar surface area (TPSA) is 58.4 Å². The van der Waals surface area contributed by atoms with Gasteiger partial charge in [0.15, 0.2) is 0 Å². The molecule has 0 saturated carbocycles. The van der Waals surface area contributed by atoms with Gasteiger partial charge in [0.25, 0.3) is 0 Å². The van der Waals surface area contributed by atoms with Gasteiger partial charge in [-0.25, -0.2) is 0 Å². The number of amides is 1. The van der Waals surface area contributed by atoms with Crippen LogP contribution in [0.25, 0.3) is 6.08 Å². The Kier molecular flexibility index (Phi) is 4.27. The van der Waals surface area contributed by atoms with Crippen LogP contribution < -0.4 is 0 Å². The van der Waals surface area contributed by atoms with E-state index in [4.69, 9.17) is 11.6 Å². The van der Waals surface area contributed by atoms with Crippen LogP contribution in [0.2, 0.25) is 5.15 Å². The summed E-state index contributed by atoms with van der Waals surface area (Å²) < 4.78 is 1.58. The fourth-order valence-corrected chi connectivity index (χ4v) is 2.64. The Labute approximate surface area is 117 Å². The summed E-state index contributed by atoms with van der Waals surface area (Å²) >= 11 is 6.10. The molecule has 104 valence electrons. The number of nitrogens with zero attached hydrogens (tertiary/aromatic N) is 3. The number of halogens is 1. The van der Waals surface area contributed by atoms with Crippen LogP contribution >= 0.6 is 11.6 Å². The van der Waals surface area contributed by atoms with Crippen molar-refractivity contribution in [3.8, 4) is 0 Å². The molecule has 1 aromatic heterocycles. The summed E-state index contributed by atoms with van der Waals surface area (Å²) in [7, 11) is 1.76. The van der Waals surface area contributed by atoms with Gasteiger partial charge < -0.3 is 10.0 Å². The van der Waals surface area contributed by atoms with E-state index in [2.05, 4.69) is 5.10 Å². The first-order valence-electron chi connectivity index (χ1n) is 6.33. The normalized spacial score (nSPS) is 19.6. The third kappa shape index (κ3) is 2.82. The summed E-state index contributed by atoms with van der Waals surface area (Å²) in [6, 6.07) is -0.0531. The van der Waals surface area contributed by atoms with Gasteiger partial charge in [-0.05, 0) is 25.8 Å². The third-order valence-electron chi connectivity index (χ3n) is 3.46. The van der Waals surface area contributed by atoms with Gasteiger partial charge in [0.2, 0.25) is 5.91 Å². The van der Waals surface area contributed by atoms with Crippen LogP contribution in [-0.4, -0.2) is 44.9 Å². The fourth-order valence-electron chi connectivity index (χ4n) is 2.40. The van der Waals surface area contributed by atoms with Crippen LogP contribution in [0.5, 0.6) is 0 Å². The highest BCUT2D eigenvalue weighted by atomic mass is 35.5. The Morgan fingerprint density at radius 3 is 2.95 bits per heavy atom. The summed E-state index contributed by atoms with van der Waals surface area (Å²) in [5, 5.41) is 13.9. The van der Waals surface area contributed by atoms with Crippen molar-refractivity contribution in [3.63, 3.8) is 0 Å². The molecule has 0 unspecified atom stereocenters. The van der Waals surface area contributed by atoms with Crippen molar-refractivity contribution < 1.29 is 9.90 Å². The van der Waals surface area contributed by atoms with Crippen LogP contribution in [-0.2, 0) is 11.8 Å². The molecule has 1 aliphatic rings. The Balaban J connectivity index is 2.12. The minimum atomic E-state index is -0.0872. The Bertz CT molecular complexity index is 510. The van der Waals surface area contributed by atoms with Gasteiger partial charge in [-0.15, -0.1) is 0 Å². The monoisotopic (exact) mass is 283 g/mol. The summed E-state index contributed by atoms with van der Waals surface area (Å²) in [5.41, 5.74) is 1.55. The molecular formula is C13H18ClN3O2. The molecule has 2 rings (SSSR count). The maximum atomic E-state index is 12.1. The largest absolute Gasteiger partial charge is 0.394 e. The summed E-state index contributed by atoms with van der Waals surface area (Å²) in [6.07, 6.45) is 5.00. The van der Waals surface area contributed by atoms with Gasteiger partial charge in [-0.2, -0.15) is 5.10 Å². The molecule has 5 nitrogen and oxygen atoms in total. The van der Waals surface area contributed by atoms with E-state index in [9.17, 15) is 9.90 Å². The van der Waals surface area contributed by atoms with E-state index in [0.717, 1.165) is 24.1 Å². The SMILES string of the molecule is Cc1nn(C)c(Cl)c1C=CC(=O)N1CCC[C@@H]1CO. The minimum absolute atomic E-state index is 0.0201. The molecule has 0 spiro atoms. The molecule has 0 bridgehead atoms. The van der Waals surface area contributed by atoms with Crippen molar-refractivity contribution in [3.05, 3.63) is 22.5 Å². The van der Waals surface area contributed by atoms with Crippen molar-refractivity contribution in [1.82, 2.24) is 14.7 Å². The second-order valence-corrected chi connectivity index (χ2v) is 5.12. The number of carbonyl (C=O) groups is 1. The van der Waals surface area contributed by atoms with Crippen molar-refractivity contribution in [2.75, 3.05) is 13.2 Å². The van der Waals surface area contributed by atoms with E-state index >= 15 is 0 Å². The lowest BCUT2D eigenvalue weighted by Gasteiger charge is -2.21. The average Bonchev–Trinajstić information content (AvgIpc) is 2.94. The third-order valence-corrected chi connectivity index (χ3v) is 3.91. The van der Waals surface area contributed by atoms with Crippen LogP contribution in [0.4, 0.5) is 0 Å². The molecule has 1 fully saturated rings. The first-order valence-corrected chi connectivity index (χ1v) is 6.71. The maximum Gasteiger partial charge on any atom is 0.246 e. The van der Waals surface area contributed by atoms with Gasteiger partial charge in [0.1, 0.15) is 5.15 Å². The smallest absolute Gasteiger partial charge is 0.246 e. The molecule has 1 amide bonds. The first kappa shape index (κ1) is 14.1. The second-order valence-electron chi connectivity index (χ2n) is 4.76. The number of rotatable bonds is 3. The van der Waals surface area contributed by atoms with E-state index < -0.39 is 0 Å². The first-order chi connectivity index (χ1) is 9.04. The number of aliphatic hydroxyl groups is 1. The number of carbonyl (C=O) groups excluding carboxylic acids is 1. The van der Waals surface area contributed by atoms with Crippen LogP contribution in [0, 0.1) is 6.92 Å². The quantitative estimate of drug-likeness (QED) is 0.853. The van der Waals surface area contributed by atoms with Crippen LogP contribution in [0.15, 0.2) is 6.08 Å². The number of aliphatic hydroxyl groups excluding tert-OH is 1. The molecule has 1 aliphatic heterocycles. The van der Waals surface area contributed by atoms with Gasteiger partial charge >= 0.3 is 0 Å². The average molecular weight is 284 g/mol. The molecule has 1 saturated heterocycles. The van der Waals surface area contributed by atoms with Crippen molar-refractivity contribution in [2.24, 2.45) is 7.05 Å². The van der Waals surface area contributed by atoms with E-state index in [1.54, 1.807) is 22.7 Å². The standard InChI is InChI=1S/C13H18ClN3O2/c1-9-11(13(14)16(2)15-9)5-6-12(19)17-7-3-4-10(17)8-18/h5-6,10,18H,3-4,7-8H2,1-2H3/t10-/m1/s1. The molecule has 2 heterocycles. The zero-order valence-electron chi connectivity index (χ0n) is 11.1. The van der Waals surface area contributed by atoms with Gasteiger partial charge in [0, 0.05) is 25.2 Å². The fraction of sp³-hybridized carbons (Fsp3) is 0.538. The van der Waals surface area contributed by atoms with Crippen LogP contribution in [0.1, 0.15) is 24.1 Å². The minimum Gasteiger partial charge on any atom is -0.394 e. The number of aromatic nitrogens is 2. The molecule has 0 radical (unpaired) electrons. The lowest BCUT2D eigenvalue weighted by atomic mass is 10.2. The van der Waals surface area contributed by atoms with Crippen molar-refractivity contribution >= 4 is 23.6 Å². The van der Waals surface area contributed by atoms with Gasteiger partial charge in [0.05, 0.1) is 18.3 Å². The second kappa shape index (κ2) is 5.75. The maximum absolute atomic E-state index is 12.1. The Hall–Kier alpha value is -1.33. The zero-order chi connectivity index (χ0) is 14.0. The summed E-state index contributed by atoms with van der Waals surface area (Å²) in [5.74, 6) is -0.0872. The summed E-state index contributed by atoms with van der Waals surface area (Å²) in [4.78, 5) is 13.8. The molecule has 1 aromatic rings. The highest BCUT2D eigenvalue weighted by molar-refractivity contribution is 6.31. The highest BCUT2D eigenvalue weighted by Crippen LogP contribution is 2.21. The van der Waals surface area contributed by atoms with Crippen molar-refractivity contribution in [1.29, 1.82) is 0 Å². The molecule has 1 N–H and O–H groups in total. The van der Waals surface area contributed by atoms with Gasteiger partial charge in [-0.3, -0.25) is 9.48 Å². The molecular weight excluding hydrogens is 266 g/mol. The highest BCUT2D eigenvalue weighted by Gasteiger charge is 2.26. The Morgan fingerprint density at radius 1 is 1.63 bits per heavy atom. The molecule has 6 heteroatoms. The van der Waals surface area contributed by atoms with Crippen molar-refractivity contribution in [2.45, 2.75) is 25.8 Å². The Morgan fingerprint density at radius 2 is 2.37 bits per heavy atom. The number of likely N-dealkylation sites (tertiary alicyclic amines) is 1. The lowest BCUT2D eigenvalue weighted by molar-refractivity contribution is -0.127. The van der Waals surface area contributed by atoms with E-state index in [1.807, 2.05) is 6.92 Å². The van der Waals surface area contributed by atoms with E-state index in [0.29, 0.717) is 11.7 Å². The molecule has 0 aromatic carbocycles. The molecule has 1 atom stereocenters. The number of aryl methyl sites for hydroxylation is 2. The molecule has 0 aliphatic carbocycles. The van der Waals surface area contributed by atoms with E-state index in [-0.39, 0.29) is 18.6 Å².